The summed E-state index contributed by atoms with van der Waals surface area (Å²) in [6, 6.07) is 7.83. The zero-order valence-electron chi connectivity index (χ0n) is 33.7. The average Bonchev–Trinajstić information content (AvgIpc) is 3.19. The number of nitrogens with zero attached hydrogens (tertiary/aromatic N) is 1. The van der Waals surface area contributed by atoms with Crippen molar-refractivity contribution in [2.24, 2.45) is 0 Å². The van der Waals surface area contributed by atoms with Gasteiger partial charge in [0.2, 0.25) is 17.7 Å². The predicted octanol–water partition coefficient (Wildman–Crippen LogP) is 5.62. The first kappa shape index (κ1) is 47.9. The molecule has 4 amide bonds. The molecule has 13 heteroatoms. The summed E-state index contributed by atoms with van der Waals surface area (Å²) in [5, 5.41) is 39.4. The third-order valence-electron chi connectivity index (χ3n) is 10.2. The lowest BCUT2D eigenvalue weighted by molar-refractivity contribution is -0.231. The Morgan fingerprint density at radius 2 is 1.22 bits per heavy atom. The van der Waals surface area contributed by atoms with Crippen molar-refractivity contribution in [3.05, 3.63) is 35.9 Å². The van der Waals surface area contributed by atoms with Gasteiger partial charge in [0.1, 0.15) is 37.5 Å². The molecule has 314 valence electrons. The highest BCUT2D eigenvalue weighted by Gasteiger charge is 2.48. The van der Waals surface area contributed by atoms with Crippen LogP contribution in [-0.4, -0.2) is 101 Å². The maximum atomic E-state index is 13.8. The minimum atomic E-state index is -1.56. The molecule has 0 spiro atoms. The molecule has 6 N–H and O–H groups in total. The van der Waals surface area contributed by atoms with Gasteiger partial charge in [-0.25, -0.2) is 4.79 Å². The van der Waals surface area contributed by atoms with E-state index in [1.807, 2.05) is 18.2 Å². The molecule has 5 atom stereocenters. The van der Waals surface area contributed by atoms with Crippen LogP contribution in [0.2, 0.25) is 0 Å². The van der Waals surface area contributed by atoms with Gasteiger partial charge in [-0.3, -0.25) is 14.4 Å². The van der Waals surface area contributed by atoms with Crippen LogP contribution in [0.15, 0.2) is 30.3 Å². The van der Waals surface area contributed by atoms with Crippen molar-refractivity contribution in [3.63, 3.8) is 0 Å². The Morgan fingerprint density at radius 1 is 0.691 bits per heavy atom. The molecule has 1 aromatic carbocycles. The molecule has 0 bridgehead atoms. The highest BCUT2D eigenvalue weighted by molar-refractivity contribution is 5.87. The maximum absolute atomic E-state index is 13.8. The number of alkyl carbamates (subject to hydrolysis) is 1. The Morgan fingerprint density at radius 3 is 1.78 bits per heavy atom. The highest BCUT2D eigenvalue weighted by atomic mass is 16.6. The second-order valence-corrected chi connectivity index (χ2v) is 14.9. The Balaban J connectivity index is 1.99. The van der Waals surface area contributed by atoms with Gasteiger partial charge in [-0.15, -0.1) is 0 Å². The normalized spacial score (nSPS) is 19.4. The van der Waals surface area contributed by atoms with Crippen molar-refractivity contribution in [1.29, 1.82) is 0 Å². The number of hydrogen-bond donors (Lipinski definition) is 6. The minimum Gasteiger partial charge on any atom is -0.445 e. The van der Waals surface area contributed by atoms with Crippen LogP contribution < -0.4 is 16.0 Å². The summed E-state index contributed by atoms with van der Waals surface area (Å²) < 4.78 is 11.2. The van der Waals surface area contributed by atoms with E-state index in [0.29, 0.717) is 19.4 Å². The number of carbonyl (C=O) groups is 4. The number of aliphatic hydroxyl groups excluding tert-OH is 3. The Labute approximate surface area is 329 Å². The number of carbonyl (C=O) groups excluding carboxylic acids is 4. The molecular formula is C42H72N4O9. The number of unbranched alkanes of at least 4 members (excludes halogenated alkanes) is 17. The first-order chi connectivity index (χ1) is 26.7. The lowest BCUT2D eigenvalue weighted by atomic mass is 9.94. The van der Waals surface area contributed by atoms with Crippen LogP contribution >= 0.6 is 0 Å². The molecule has 1 aliphatic rings. The number of benzene rings is 1. The number of ether oxygens (including phenoxy) is 2. The zero-order chi connectivity index (χ0) is 40.1. The molecular weight excluding hydrogens is 704 g/mol. The van der Waals surface area contributed by atoms with E-state index in [2.05, 4.69) is 29.8 Å². The summed E-state index contributed by atoms with van der Waals surface area (Å²) in [4.78, 5) is 53.0. The lowest BCUT2D eigenvalue weighted by Gasteiger charge is -2.47. The summed E-state index contributed by atoms with van der Waals surface area (Å²) >= 11 is 0. The molecule has 0 unspecified atom stereocenters. The third kappa shape index (κ3) is 20.5. The lowest BCUT2D eigenvalue weighted by Crippen LogP contribution is -2.69. The van der Waals surface area contributed by atoms with Crippen LogP contribution in [0.1, 0.15) is 148 Å². The summed E-state index contributed by atoms with van der Waals surface area (Å²) in [6.45, 7) is 3.25. The van der Waals surface area contributed by atoms with Gasteiger partial charge in [0.25, 0.3) is 0 Å². The number of aliphatic hydroxyl groups is 3. The van der Waals surface area contributed by atoms with Crippen molar-refractivity contribution in [3.8, 4) is 0 Å². The van der Waals surface area contributed by atoms with Gasteiger partial charge in [-0.2, -0.15) is 0 Å². The van der Waals surface area contributed by atoms with Crippen LogP contribution in [0.4, 0.5) is 4.79 Å². The number of nitrogens with one attached hydrogen (secondary N) is 3. The van der Waals surface area contributed by atoms with E-state index < -0.39 is 68.2 Å². The number of rotatable bonds is 30. The summed E-state index contributed by atoms with van der Waals surface area (Å²) in [7, 11) is 0. The van der Waals surface area contributed by atoms with Gasteiger partial charge in [0.05, 0.1) is 13.2 Å². The fourth-order valence-electron chi connectivity index (χ4n) is 6.82. The van der Waals surface area contributed by atoms with E-state index in [4.69, 9.17) is 9.47 Å². The number of amides is 4. The fourth-order valence-corrected chi connectivity index (χ4v) is 6.82. The third-order valence-corrected chi connectivity index (χ3v) is 10.2. The van der Waals surface area contributed by atoms with Crippen molar-refractivity contribution < 1.29 is 44.0 Å². The largest absolute Gasteiger partial charge is 0.445 e. The molecule has 0 aromatic heterocycles. The van der Waals surface area contributed by atoms with Gasteiger partial charge >= 0.3 is 6.09 Å². The molecule has 1 saturated heterocycles. The molecule has 0 aliphatic carbocycles. The standard InChI is InChI=1S/C42H72N4O9/c1-3-5-7-9-11-13-15-17-19-24-28-46(37(50)27-23-18-16-14-12-10-8-6-4-2)41-38(40(52)39(51)34(31-47)55-41)45-36(49)30-43-35(48)29-44-42(53)54-32-33-25-21-20-22-26-33/h20-22,25-26,34,38-41,47,51-52H,3-19,23-24,27-32H2,1-2H3,(H,43,48)(H,44,53)(H,45,49)/t34-,38-,39-,40-,41-/m1/s1. The van der Waals surface area contributed by atoms with Crippen molar-refractivity contribution in [1.82, 2.24) is 20.9 Å². The zero-order valence-corrected chi connectivity index (χ0v) is 33.7. The molecule has 1 heterocycles. The number of hydrogen-bond acceptors (Lipinski definition) is 9. The fraction of sp³-hybridized carbons (Fsp3) is 0.762. The van der Waals surface area contributed by atoms with E-state index in [-0.39, 0.29) is 18.9 Å². The molecule has 2 rings (SSSR count). The summed E-state index contributed by atoms with van der Waals surface area (Å²) in [5.41, 5.74) is 0.786. The van der Waals surface area contributed by atoms with Crippen molar-refractivity contribution in [2.75, 3.05) is 26.2 Å². The molecule has 1 aliphatic heterocycles. The van der Waals surface area contributed by atoms with E-state index in [9.17, 15) is 34.5 Å². The van der Waals surface area contributed by atoms with Crippen molar-refractivity contribution >= 4 is 23.8 Å². The smallest absolute Gasteiger partial charge is 0.407 e. The quantitative estimate of drug-likeness (QED) is 0.0540. The molecule has 55 heavy (non-hydrogen) atoms. The van der Waals surface area contributed by atoms with Gasteiger partial charge in [0.15, 0.2) is 6.23 Å². The van der Waals surface area contributed by atoms with Gasteiger partial charge in [-0.1, -0.05) is 153 Å². The van der Waals surface area contributed by atoms with E-state index in [1.54, 1.807) is 17.0 Å². The molecule has 1 fully saturated rings. The SMILES string of the molecule is CCCCCCCCCCCCN(C(=O)CCCCCCCCCCC)[C@@H]1O[C@H](CO)[C@@H](O)[C@H](O)[C@H]1NC(=O)CNC(=O)CNC(=O)OCc1ccccc1. The highest BCUT2D eigenvalue weighted by Crippen LogP contribution is 2.26. The summed E-state index contributed by atoms with van der Waals surface area (Å²) in [6.07, 6.45) is 15.2. The van der Waals surface area contributed by atoms with E-state index in [1.165, 1.54) is 70.6 Å². The van der Waals surface area contributed by atoms with Gasteiger partial charge in [-0.05, 0) is 18.4 Å². The molecule has 0 saturated carbocycles. The van der Waals surface area contributed by atoms with E-state index in [0.717, 1.165) is 44.1 Å². The Bertz CT molecular complexity index is 1190. The van der Waals surface area contributed by atoms with E-state index >= 15 is 0 Å². The monoisotopic (exact) mass is 777 g/mol. The first-order valence-electron chi connectivity index (χ1n) is 21.1. The minimum absolute atomic E-state index is 0.0323. The Kier molecular flexibility index (Phi) is 26.1. The average molecular weight is 777 g/mol. The van der Waals surface area contributed by atoms with Gasteiger partial charge in [0, 0.05) is 13.0 Å². The molecule has 13 nitrogen and oxygen atoms in total. The maximum Gasteiger partial charge on any atom is 0.407 e. The topological polar surface area (TPSA) is 187 Å². The molecule has 0 radical (unpaired) electrons. The second kappa shape index (κ2) is 30.0. The van der Waals surface area contributed by atoms with Crippen molar-refractivity contribution in [2.45, 2.75) is 179 Å². The second-order valence-electron chi connectivity index (χ2n) is 14.9. The molecule has 1 aromatic rings. The van der Waals surface area contributed by atoms with Crippen LogP contribution in [0.25, 0.3) is 0 Å². The van der Waals surface area contributed by atoms with Crippen LogP contribution in [0.5, 0.6) is 0 Å². The predicted molar refractivity (Wildman–Crippen MR) is 213 cm³/mol. The first-order valence-corrected chi connectivity index (χ1v) is 21.1. The van der Waals surface area contributed by atoms with Crippen LogP contribution in [-0.2, 0) is 30.5 Å². The Hall–Kier alpha value is -3.26. The van der Waals surface area contributed by atoms with Crippen LogP contribution in [0.3, 0.4) is 0 Å². The summed E-state index contributed by atoms with van der Waals surface area (Å²) in [5.74, 6) is -1.53. The van der Waals surface area contributed by atoms with Gasteiger partial charge < -0.3 is 45.6 Å². The van der Waals surface area contributed by atoms with Crippen LogP contribution in [0, 0.1) is 0 Å².